The Hall–Kier alpha value is -2.97. The molecule has 0 radical (unpaired) electrons. The minimum absolute atomic E-state index is 0.122. The number of carbonyl (C=O) groups excluding carboxylic acids is 1. The third kappa shape index (κ3) is 3.88. The van der Waals surface area contributed by atoms with E-state index in [9.17, 15) is 14.9 Å². The van der Waals surface area contributed by atoms with Crippen LogP contribution in [0, 0.1) is 10.1 Å². The fraction of sp³-hybridized carbons (Fsp3) is 0.571. The summed E-state index contributed by atoms with van der Waals surface area (Å²) in [5.74, 6) is 0.968. The summed E-state index contributed by atoms with van der Waals surface area (Å²) >= 11 is 0. The summed E-state index contributed by atoms with van der Waals surface area (Å²) in [6.45, 7) is 7.15. The number of rotatable bonds is 5. The van der Waals surface area contributed by atoms with Crippen LogP contribution in [0.3, 0.4) is 0 Å². The van der Waals surface area contributed by atoms with Crippen molar-refractivity contribution in [2.45, 2.75) is 51.5 Å². The van der Waals surface area contributed by atoms with Gasteiger partial charge in [0.25, 0.3) is 11.6 Å². The molecular formula is C21H28N6O3. The number of nitro groups is 1. The van der Waals surface area contributed by atoms with Gasteiger partial charge in [-0.3, -0.25) is 14.9 Å². The number of piperidine rings is 1. The van der Waals surface area contributed by atoms with Gasteiger partial charge in [0.05, 0.1) is 4.92 Å². The van der Waals surface area contributed by atoms with Gasteiger partial charge in [0.1, 0.15) is 17.7 Å². The van der Waals surface area contributed by atoms with Gasteiger partial charge in [-0.25, -0.2) is 0 Å². The van der Waals surface area contributed by atoms with Crippen LogP contribution in [0.5, 0.6) is 0 Å². The van der Waals surface area contributed by atoms with E-state index in [0.717, 1.165) is 50.3 Å². The summed E-state index contributed by atoms with van der Waals surface area (Å²) in [5.41, 5.74) is 0.916. The molecule has 9 heteroatoms. The number of likely N-dealkylation sites (tertiary alicyclic amines) is 1. The Morgan fingerprint density at radius 2 is 1.97 bits per heavy atom. The highest BCUT2D eigenvalue weighted by atomic mass is 16.6. The van der Waals surface area contributed by atoms with Gasteiger partial charge in [-0.05, 0) is 51.7 Å². The van der Waals surface area contributed by atoms with E-state index in [1.54, 1.807) is 23.4 Å². The van der Waals surface area contributed by atoms with E-state index in [-0.39, 0.29) is 29.1 Å². The number of benzene rings is 1. The lowest BCUT2D eigenvalue weighted by atomic mass is 9.96. The van der Waals surface area contributed by atoms with Gasteiger partial charge in [-0.2, -0.15) is 0 Å². The van der Waals surface area contributed by atoms with Gasteiger partial charge in [0.15, 0.2) is 0 Å². The van der Waals surface area contributed by atoms with E-state index in [4.69, 9.17) is 0 Å². The van der Waals surface area contributed by atoms with Crippen molar-refractivity contribution in [1.29, 1.82) is 0 Å². The molecule has 2 fully saturated rings. The number of nitro benzene ring substituents is 1. The number of hydrogen-bond donors (Lipinski definition) is 0. The van der Waals surface area contributed by atoms with Gasteiger partial charge < -0.3 is 14.4 Å². The Labute approximate surface area is 175 Å². The van der Waals surface area contributed by atoms with E-state index < -0.39 is 4.92 Å². The lowest BCUT2D eigenvalue weighted by Crippen LogP contribution is -2.36. The highest BCUT2D eigenvalue weighted by molar-refractivity contribution is 5.99. The van der Waals surface area contributed by atoms with Crippen molar-refractivity contribution in [3.8, 4) is 0 Å². The topological polar surface area (TPSA) is 97.4 Å². The summed E-state index contributed by atoms with van der Waals surface area (Å²) in [5, 5.41) is 20.0. The molecule has 3 heterocycles. The van der Waals surface area contributed by atoms with Crippen LogP contribution in [0.4, 0.5) is 11.4 Å². The molecule has 0 spiro atoms. The van der Waals surface area contributed by atoms with Crippen molar-refractivity contribution >= 4 is 17.3 Å². The summed E-state index contributed by atoms with van der Waals surface area (Å²) in [6.07, 6.45) is 5.68. The molecule has 1 unspecified atom stereocenters. The molecule has 2 saturated heterocycles. The maximum Gasteiger partial charge on any atom is 0.282 e. The molecule has 2 aliphatic rings. The predicted octanol–water partition coefficient (Wildman–Crippen LogP) is 3.39. The second-order valence-electron chi connectivity index (χ2n) is 8.43. The van der Waals surface area contributed by atoms with E-state index in [1.165, 1.54) is 6.07 Å². The SMILES string of the molecule is CC(C)n1cnnc1C1CCCN(c2ccc([N+](=O)[O-])c(C(=O)N3CCCC3)c2)C1. The monoisotopic (exact) mass is 412 g/mol. The van der Waals surface area contributed by atoms with Crippen molar-refractivity contribution in [2.75, 3.05) is 31.1 Å². The first kappa shape index (κ1) is 20.3. The number of aromatic nitrogens is 3. The van der Waals surface area contributed by atoms with Crippen LogP contribution in [-0.4, -0.2) is 56.7 Å². The molecule has 1 amide bonds. The first-order valence-electron chi connectivity index (χ1n) is 10.7. The highest BCUT2D eigenvalue weighted by Crippen LogP contribution is 2.33. The lowest BCUT2D eigenvalue weighted by Gasteiger charge is -2.34. The molecule has 9 nitrogen and oxygen atoms in total. The van der Waals surface area contributed by atoms with Crippen molar-refractivity contribution in [2.24, 2.45) is 0 Å². The molecular weight excluding hydrogens is 384 g/mol. The molecule has 30 heavy (non-hydrogen) atoms. The normalized spacial score (nSPS) is 19.5. The Balaban J connectivity index is 1.61. The highest BCUT2D eigenvalue weighted by Gasteiger charge is 2.30. The van der Waals surface area contributed by atoms with Crippen molar-refractivity contribution in [3.05, 3.63) is 46.0 Å². The van der Waals surface area contributed by atoms with Crippen LogP contribution in [0.25, 0.3) is 0 Å². The molecule has 1 aromatic carbocycles. The molecule has 4 rings (SSSR count). The molecule has 1 aromatic heterocycles. The zero-order chi connectivity index (χ0) is 21.3. The van der Waals surface area contributed by atoms with Crippen molar-refractivity contribution in [3.63, 3.8) is 0 Å². The fourth-order valence-electron chi connectivity index (χ4n) is 4.51. The predicted molar refractivity (Wildman–Crippen MR) is 113 cm³/mol. The second kappa shape index (κ2) is 8.41. The number of carbonyl (C=O) groups is 1. The molecule has 2 aliphatic heterocycles. The first-order chi connectivity index (χ1) is 14.5. The standard InChI is InChI=1S/C21H28N6O3/c1-15(2)26-14-22-23-20(26)16-6-5-11-25(13-16)17-7-8-19(27(29)30)18(12-17)21(28)24-9-3-4-10-24/h7-8,12,14-16H,3-6,9-11,13H2,1-2H3. The summed E-state index contributed by atoms with van der Waals surface area (Å²) in [7, 11) is 0. The first-order valence-corrected chi connectivity index (χ1v) is 10.7. The number of hydrogen-bond acceptors (Lipinski definition) is 6. The number of amides is 1. The molecule has 0 bridgehead atoms. The summed E-state index contributed by atoms with van der Waals surface area (Å²) in [4.78, 5) is 28.0. The molecule has 2 aromatic rings. The third-order valence-corrected chi connectivity index (χ3v) is 6.11. The quantitative estimate of drug-likeness (QED) is 0.552. The van der Waals surface area contributed by atoms with Crippen LogP contribution < -0.4 is 4.90 Å². The zero-order valence-electron chi connectivity index (χ0n) is 17.5. The molecule has 0 N–H and O–H groups in total. The maximum absolute atomic E-state index is 13.0. The Morgan fingerprint density at radius 1 is 1.20 bits per heavy atom. The number of nitrogens with zero attached hydrogens (tertiary/aromatic N) is 6. The second-order valence-corrected chi connectivity index (χ2v) is 8.43. The lowest BCUT2D eigenvalue weighted by molar-refractivity contribution is -0.385. The largest absolute Gasteiger partial charge is 0.371 e. The fourth-order valence-corrected chi connectivity index (χ4v) is 4.51. The number of anilines is 1. The van der Waals surface area contributed by atoms with Gasteiger partial charge in [-0.15, -0.1) is 10.2 Å². The van der Waals surface area contributed by atoms with Crippen LogP contribution in [0.2, 0.25) is 0 Å². The average molecular weight is 412 g/mol. The van der Waals surface area contributed by atoms with Crippen LogP contribution in [0.1, 0.15) is 67.7 Å². The van der Waals surface area contributed by atoms with Crippen LogP contribution in [0.15, 0.2) is 24.5 Å². The maximum atomic E-state index is 13.0. The van der Waals surface area contributed by atoms with Crippen molar-refractivity contribution < 1.29 is 9.72 Å². The summed E-state index contributed by atoms with van der Waals surface area (Å²) in [6, 6.07) is 5.22. The van der Waals surface area contributed by atoms with E-state index in [2.05, 4.69) is 33.5 Å². The molecule has 0 saturated carbocycles. The average Bonchev–Trinajstić information content (AvgIpc) is 3.45. The molecule has 1 atom stereocenters. The van der Waals surface area contributed by atoms with Crippen molar-refractivity contribution in [1.82, 2.24) is 19.7 Å². The van der Waals surface area contributed by atoms with E-state index in [1.807, 2.05) is 0 Å². The van der Waals surface area contributed by atoms with Gasteiger partial charge >= 0.3 is 0 Å². The van der Waals surface area contributed by atoms with E-state index >= 15 is 0 Å². The molecule has 0 aliphatic carbocycles. The third-order valence-electron chi connectivity index (χ3n) is 6.11. The minimum Gasteiger partial charge on any atom is -0.371 e. The Bertz CT molecular complexity index is 935. The summed E-state index contributed by atoms with van der Waals surface area (Å²) < 4.78 is 2.10. The Morgan fingerprint density at radius 3 is 2.67 bits per heavy atom. The van der Waals surface area contributed by atoms with Gasteiger partial charge in [-0.1, -0.05) is 0 Å². The Kier molecular flexibility index (Phi) is 5.69. The smallest absolute Gasteiger partial charge is 0.282 e. The zero-order valence-corrected chi connectivity index (χ0v) is 17.5. The molecule has 160 valence electrons. The van der Waals surface area contributed by atoms with Crippen LogP contribution >= 0.6 is 0 Å². The minimum atomic E-state index is -0.461. The van der Waals surface area contributed by atoms with Crippen LogP contribution in [-0.2, 0) is 0 Å². The van der Waals surface area contributed by atoms with Gasteiger partial charge in [0.2, 0.25) is 0 Å². The van der Waals surface area contributed by atoms with E-state index in [0.29, 0.717) is 13.1 Å². The van der Waals surface area contributed by atoms with Gasteiger partial charge in [0, 0.05) is 49.9 Å².